The molecule has 0 aromatic heterocycles. The Bertz CT molecular complexity index is 438. The summed E-state index contributed by atoms with van der Waals surface area (Å²) in [7, 11) is 0. The van der Waals surface area contributed by atoms with E-state index < -0.39 is 24.0 Å². The van der Waals surface area contributed by atoms with E-state index in [9.17, 15) is 14.4 Å². The molecule has 3 atom stereocenters. The number of carbonyl (C=O) groups excluding carboxylic acids is 3. The summed E-state index contributed by atoms with van der Waals surface area (Å²) in [5.41, 5.74) is 0. The minimum atomic E-state index is -0.803. The van der Waals surface area contributed by atoms with Gasteiger partial charge in [0.15, 0.2) is 0 Å². The average Bonchev–Trinajstić information content (AvgIpc) is 2.82. The topological polar surface area (TPSA) is 69.7 Å². The van der Waals surface area contributed by atoms with E-state index in [-0.39, 0.29) is 17.6 Å². The summed E-state index contributed by atoms with van der Waals surface area (Å²) in [6.45, 7) is 4.18. The van der Waals surface area contributed by atoms with E-state index >= 15 is 0 Å². The van der Waals surface area contributed by atoms with Crippen LogP contribution in [0.3, 0.4) is 0 Å². The molecule has 2 aliphatic rings. The second kappa shape index (κ2) is 6.20. The van der Waals surface area contributed by atoms with Gasteiger partial charge < -0.3 is 9.47 Å². The van der Waals surface area contributed by atoms with Crippen molar-refractivity contribution >= 4 is 17.7 Å². The third-order valence-electron chi connectivity index (χ3n) is 3.64. The van der Waals surface area contributed by atoms with Crippen molar-refractivity contribution in [1.29, 1.82) is 0 Å². The van der Waals surface area contributed by atoms with E-state index in [1.54, 1.807) is 6.08 Å². The fraction of sp³-hybridized carbons (Fsp3) is 0.667. The lowest BCUT2D eigenvalue weighted by Gasteiger charge is -2.31. The first-order valence-electron chi connectivity index (χ1n) is 7.07. The molecule has 0 amide bonds. The van der Waals surface area contributed by atoms with Crippen LogP contribution in [0, 0.1) is 17.8 Å². The number of ketones is 1. The van der Waals surface area contributed by atoms with Gasteiger partial charge in [0.2, 0.25) is 0 Å². The van der Waals surface area contributed by atoms with Gasteiger partial charge in [0.05, 0.1) is 6.61 Å². The highest BCUT2D eigenvalue weighted by atomic mass is 16.5. The highest BCUT2D eigenvalue weighted by Crippen LogP contribution is 2.34. The van der Waals surface area contributed by atoms with Crippen LogP contribution >= 0.6 is 0 Å². The molecule has 1 heterocycles. The number of rotatable bonds is 4. The predicted molar refractivity (Wildman–Crippen MR) is 70.7 cm³/mol. The minimum Gasteiger partial charge on any atom is -0.465 e. The second-order valence-corrected chi connectivity index (χ2v) is 5.78. The molecule has 1 saturated carbocycles. The quantitative estimate of drug-likeness (QED) is 0.578. The molecule has 0 aromatic carbocycles. The van der Waals surface area contributed by atoms with Gasteiger partial charge in [-0.2, -0.15) is 0 Å². The number of Topliss-reactive ketones (excluding diaryl/α,β-unsaturated/α-hetero) is 1. The number of ether oxygens (including phenoxy) is 2. The molecule has 1 aliphatic carbocycles. The van der Waals surface area contributed by atoms with Crippen LogP contribution in [-0.4, -0.2) is 30.4 Å². The second-order valence-electron chi connectivity index (χ2n) is 5.78. The smallest absolute Gasteiger partial charge is 0.331 e. The van der Waals surface area contributed by atoms with Gasteiger partial charge in [-0.25, -0.2) is 4.79 Å². The van der Waals surface area contributed by atoms with Crippen LogP contribution in [-0.2, 0) is 23.9 Å². The van der Waals surface area contributed by atoms with Crippen molar-refractivity contribution in [2.45, 2.75) is 39.2 Å². The Morgan fingerprint density at radius 1 is 1.45 bits per heavy atom. The molecule has 0 spiro atoms. The lowest BCUT2D eigenvalue weighted by molar-refractivity contribution is -0.161. The molecular weight excluding hydrogens is 260 g/mol. The molecule has 0 radical (unpaired) electrons. The molecular formula is C15H20O5. The van der Waals surface area contributed by atoms with Gasteiger partial charge in [-0.1, -0.05) is 13.8 Å². The van der Waals surface area contributed by atoms with Gasteiger partial charge in [-0.3, -0.25) is 9.59 Å². The fourth-order valence-corrected chi connectivity index (χ4v) is 2.69. The minimum absolute atomic E-state index is 0.105. The van der Waals surface area contributed by atoms with Crippen LogP contribution < -0.4 is 0 Å². The molecule has 0 bridgehead atoms. The number of carbonyl (C=O) groups is 3. The SMILES string of the molecule is CC(C)COC(=O)C1C(=O)CCC[C@@H]1[C@H]1C=CC(=O)O1. The Hall–Kier alpha value is -1.65. The Labute approximate surface area is 118 Å². The van der Waals surface area contributed by atoms with Gasteiger partial charge in [0.25, 0.3) is 0 Å². The van der Waals surface area contributed by atoms with Crippen molar-refractivity contribution in [3.05, 3.63) is 12.2 Å². The van der Waals surface area contributed by atoms with Gasteiger partial charge >= 0.3 is 11.9 Å². The standard InChI is InChI=1S/C15H20O5/c1-9(2)8-19-15(18)14-10(4-3-5-11(14)16)12-6-7-13(17)20-12/h6-7,9-10,12,14H,3-5,8H2,1-2H3/t10-,12-,14?/m1/s1. The Kier molecular flexibility index (Phi) is 4.57. The van der Waals surface area contributed by atoms with Crippen LogP contribution in [0.5, 0.6) is 0 Å². The van der Waals surface area contributed by atoms with Gasteiger partial charge in [-0.05, 0) is 24.8 Å². The number of hydrogen-bond acceptors (Lipinski definition) is 5. The maximum absolute atomic E-state index is 12.2. The summed E-state index contributed by atoms with van der Waals surface area (Å²) in [4.78, 5) is 35.4. The normalized spacial score (nSPS) is 29.6. The van der Waals surface area contributed by atoms with Crippen molar-refractivity contribution in [2.75, 3.05) is 6.61 Å². The van der Waals surface area contributed by atoms with Crippen LogP contribution in [0.1, 0.15) is 33.1 Å². The fourth-order valence-electron chi connectivity index (χ4n) is 2.69. The summed E-state index contributed by atoms with van der Waals surface area (Å²) in [6.07, 6.45) is 4.30. The molecule has 0 aromatic rings. The molecule has 5 heteroatoms. The number of hydrogen-bond donors (Lipinski definition) is 0. The summed E-state index contributed by atoms with van der Waals surface area (Å²) in [5.74, 6) is -1.87. The van der Waals surface area contributed by atoms with Crippen LogP contribution in [0.2, 0.25) is 0 Å². The zero-order valence-electron chi connectivity index (χ0n) is 11.8. The largest absolute Gasteiger partial charge is 0.465 e. The zero-order valence-corrected chi connectivity index (χ0v) is 11.8. The van der Waals surface area contributed by atoms with E-state index in [4.69, 9.17) is 9.47 Å². The summed E-state index contributed by atoms with van der Waals surface area (Å²) < 4.78 is 10.4. The monoisotopic (exact) mass is 280 g/mol. The van der Waals surface area contributed by atoms with Gasteiger partial charge in [-0.15, -0.1) is 0 Å². The maximum atomic E-state index is 12.2. The maximum Gasteiger partial charge on any atom is 0.331 e. The lowest BCUT2D eigenvalue weighted by Crippen LogP contribution is -2.42. The lowest BCUT2D eigenvalue weighted by atomic mass is 9.75. The van der Waals surface area contributed by atoms with E-state index in [1.807, 2.05) is 13.8 Å². The van der Waals surface area contributed by atoms with Crippen LogP contribution in [0.15, 0.2) is 12.2 Å². The zero-order chi connectivity index (χ0) is 14.7. The first kappa shape index (κ1) is 14.8. The molecule has 1 unspecified atom stereocenters. The highest BCUT2D eigenvalue weighted by Gasteiger charge is 2.44. The number of esters is 2. The Morgan fingerprint density at radius 3 is 2.80 bits per heavy atom. The van der Waals surface area contributed by atoms with Crippen molar-refractivity contribution in [1.82, 2.24) is 0 Å². The van der Waals surface area contributed by atoms with E-state index in [0.29, 0.717) is 19.4 Å². The molecule has 0 N–H and O–H groups in total. The van der Waals surface area contributed by atoms with Gasteiger partial charge in [0, 0.05) is 18.4 Å². The third-order valence-corrected chi connectivity index (χ3v) is 3.64. The summed E-state index contributed by atoms with van der Waals surface area (Å²) >= 11 is 0. The molecule has 110 valence electrons. The summed E-state index contributed by atoms with van der Waals surface area (Å²) in [6, 6.07) is 0. The van der Waals surface area contributed by atoms with Crippen molar-refractivity contribution in [2.24, 2.45) is 17.8 Å². The highest BCUT2D eigenvalue weighted by molar-refractivity contribution is 6.00. The summed E-state index contributed by atoms with van der Waals surface area (Å²) in [5, 5.41) is 0. The van der Waals surface area contributed by atoms with Gasteiger partial charge in [0.1, 0.15) is 17.8 Å². The number of cyclic esters (lactones) is 1. The third kappa shape index (κ3) is 3.26. The van der Waals surface area contributed by atoms with E-state index in [2.05, 4.69) is 0 Å². The molecule has 1 fully saturated rings. The first-order chi connectivity index (χ1) is 9.49. The van der Waals surface area contributed by atoms with Crippen molar-refractivity contribution in [3.8, 4) is 0 Å². The van der Waals surface area contributed by atoms with Crippen LogP contribution in [0.25, 0.3) is 0 Å². The first-order valence-corrected chi connectivity index (χ1v) is 7.07. The van der Waals surface area contributed by atoms with Crippen molar-refractivity contribution < 1.29 is 23.9 Å². The molecule has 2 rings (SSSR count). The molecule has 0 saturated heterocycles. The molecule has 5 nitrogen and oxygen atoms in total. The van der Waals surface area contributed by atoms with Crippen LogP contribution in [0.4, 0.5) is 0 Å². The molecule has 1 aliphatic heterocycles. The van der Waals surface area contributed by atoms with E-state index in [1.165, 1.54) is 6.08 Å². The molecule has 20 heavy (non-hydrogen) atoms. The average molecular weight is 280 g/mol. The Balaban J connectivity index is 2.08. The van der Waals surface area contributed by atoms with E-state index in [0.717, 1.165) is 6.42 Å². The predicted octanol–water partition coefficient (Wildman–Crippen LogP) is 1.65. The van der Waals surface area contributed by atoms with Crippen molar-refractivity contribution in [3.63, 3.8) is 0 Å². The Morgan fingerprint density at radius 2 is 2.20 bits per heavy atom.